The summed E-state index contributed by atoms with van der Waals surface area (Å²) >= 11 is 0. The topological polar surface area (TPSA) is 52.6 Å². The van der Waals surface area contributed by atoms with Gasteiger partial charge in [0.05, 0.1) is 5.92 Å². The Bertz CT molecular complexity index is 659. The summed E-state index contributed by atoms with van der Waals surface area (Å²) in [6.07, 6.45) is 15.7. The Labute approximate surface area is 203 Å². The van der Waals surface area contributed by atoms with Gasteiger partial charge in [-0.2, -0.15) is 0 Å². The summed E-state index contributed by atoms with van der Waals surface area (Å²) < 4.78 is 11.6. The van der Waals surface area contributed by atoms with Gasteiger partial charge in [-0.3, -0.25) is 9.59 Å². The second-order valence-corrected chi connectivity index (χ2v) is 10.3. The Hall–Kier alpha value is -1.60. The molecule has 0 aliphatic heterocycles. The lowest BCUT2D eigenvalue weighted by atomic mass is 9.94. The molecule has 0 N–H and O–H groups in total. The van der Waals surface area contributed by atoms with Gasteiger partial charge in [-0.1, -0.05) is 77.1 Å². The Balaban J connectivity index is 2.51. The average Bonchev–Trinajstić information content (AvgIpc) is 3.03. The molecular weight excluding hydrogens is 412 g/mol. The van der Waals surface area contributed by atoms with Crippen LogP contribution in [0.5, 0.6) is 0 Å². The number of allylic oxidation sites excluding steroid dienone is 1. The third kappa shape index (κ3) is 13.6. The highest BCUT2D eigenvalue weighted by Crippen LogP contribution is 2.30. The van der Waals surface area contributed by atoms with Crippen LogP contribution in [-0.2, 0) is 19.1 Å². The molecule has 2 atom stereocenters. The lowest BCUT2D eigenvalue weighted by molar-refractivity contribution is -0.155. The summed E-state index contributed by atoms with van der Waals surface area (Å²) in [6, 6.07) is 0. The number of hydrogen-bond donors (Lipinski definition) is 0. The van der Waals surface area contributed by atoms with Crippen LogP contribution in [0.15, 0.2) is 11.6 Å². The van der Waals surface area contributed by atoms with Crippen molar-refractivity contribution in [3.05, 3.63) is 11.6 Å². The van der Waals surface area contributed by atoms with Gasteiger partial charge in [0.2, 0.25) is 0 Å². The molecule has 33 heavy (non-hydrogen) atoms. The first-order chi connectivity index (χ1) is 15.8. The molecule has 4 nitrogen and oxygen atoms in total. The lowest BCUT2D eigenvalue weighted by Gasteiger charge is -2.21. The van der Waals surface area contributed by atoms with Crippen molar-refractivity contribution in [2.75, 3.05) is 6.61 Å². The van der Waals surface area contributed by atoms with E-state index in [1.807, 2.05) is 20.8 Å². The number of carbonyl (C=O) groups excluding carboxylic acids is 2. The maximum absolute atomic E-state index is 12.7. The number of rotatable bonds is 16. The summed E-state index contributed by atoms with van der Waals surface area (Å²) in [7, 11) is 0. The van der Waals surface area contributed by atoms with Crippen LogP contribution in [0, 0.1) is 17.8 Å². The van der Waals surface area contributed by atoms with Gasteiger partial charge in [0.25, 0.3) is 0 Å². The Morgan fingerprint density at radius 2 is 1.61 bits per heavy atom. The SMILES string of the molecule is CCCCCCC#CC1=CC(=O)[C@H](CCCCCC)[C@H]1OCCCCCC(=O)OC(C)(C)C. The molecule has 0 radical (unpaired) electrons. The molecule has 0 saturated heterocycles. The number of unbranched alkanes of at least 4 members (excludes halogenated alkanes) is 9. The van der Waals surface area contributed by atoms with Gasteiger partial charge in [0, 0.05) is 25.0 Å². The lowest BCUT2D eigenvalue weighted by Crippen LogP contribution is -2.26. The van der Waals surface area contributed by atoms with Crippen molar-refractivity contribution in [1.82, 2.24) is 0 Å². The summed E-state index contributed by atoms with van der Waals surface area (Å²) in [4.78, 5) is 24.5. The van der Waals surface area contributed by atoms with E-state index < -0.39 is 5.60 Å². The highest BCUT2D eigenvalue weighted by Gasteiger charge is 2.35. The van der Waals surface area contributed by atoms with Crippen molar-refractivity contribution < 1.29 is 19.1 Å². The number of esters is 1. The highest BCUT2D eigenvalue weighted by atomic mass is 16.6. The molecule has 0 amide bonds. The van der Waals surface area contributed by atoms with Gasteiger partial charge in [-0.25, -0.2) is 0 Å². The molecule has 0 fully saturated rings. The van der Waals surface area contributed by atoms with Crippen LogP contribution in [0.3, 0.4) is 0 Å². The van der Waals surface area contributed by atoms with E-state index >= 15 is 0 Å². The maximum Gasteiger partial charge on any atom is 0.306 e. The van der Waals surface area contributed by atoms with Crippen LogP contribution in [0.4, 0.5) is 0 Å². The van der Waals surface area contributed by atoms with Crippen molar-refractivity contribution in [3.8, 4) is 11.8 Å². The van der Waals surface area contributed by atoms with Crippen LogP contribution in [-0.4, -0.2) is 30.1 Å². The molecular formula is C29H48O4. The minimum absolute atomic E-state index is 0.0898. The van der Waals surface area contributed by atoms with Gasteiger partial charge in [0.15, 0.2) is 5.78 Å². The summed E-state index contributed by atoms with van der Waals surface area (Å²) in [5.41, 5.74) is 0.436. The second-order valence-electron chi connectivity index (χ2n) is 10.3. The average molecular weight is 461 g/mol. The van der Waals surface area contributed by atoms with Crippen molar-refractivity contribution in [2.24, 2.45) is 5.92 Å². The van der Waals surface area contributed by atoms with Crippen LogP contribution in [0.25, 0.3) is 0 Å². The molecule has 0 aromatic carbocycles. The summed E-state index contributed by atoms with van der Waals surface area (Å²) in [6.45, 7) is 10.7. The minimum atomic E-state index is -0.429. The van der Waals surface area contributed by atoms with Crippen LogP contribution in [0.1, 0.15) is 125 Å². The van der Waals surface area contributed by atoms with Crippen molar-refractivity contribution in [3.63, 3.8) is 0 Å². The van der Waals surface area contributed by atoms with Gasteiger partial charge < -0.3 is 9.47 Å². The van der Waals surface area contributed by atoms with E-state index in [2.05, 4.69) is 25.7 Å². The second kappa shape index (κ2) is 16.9. The fourth-order valence-electron chi connectivity index (χ4n) is 4.06. The van der Waals surface area contributed by atoms with Crippen molar-refractivity contribution in [2.45, 2.75) is 136 Å². The normalized spacial score (nSPS) is 18.1. The molecule has 188 valence electrons. The maximum atomic E-state index is 12.7. The Morgan fingerprint density at radius 3 is 2.27 bits per heavy atom. The molecule has 0 unspecified atom stereocenters. The van der Waals surface area contributed by atoms with E-state index in [0.717, 1.165) is 56.9 Å². The first-order valence-corrected chi connectivity index (χ1v) is 13.4. The molecule has 0 aromatic rings. The van der Waals surface area contributed by atoms with Crippen molar-refractivity contribution in [1.29, 1.82) is 0 Å². The van der Waals surface area contributed by atoms with E-state index in [4.69, 9.17) is 9.47 Å². The first kappa shape index (κ1) is 29.4. The molecule has 1 rings (SSSR count). The van der Waals surface area contributed by atoms with E-state index in [1.54, 1.807) is 6.08 Å². The molecule has 0 spiro atoms. The number of ether oxygens (including phenoxy) is 2. The summed E-state index contributed by atoms with van der Waals surface area (Å²) in [5, 5.41) is 0. The fraction of sp³-hybridized carbons (Fsp3) is 0.793. The molecule has 0 bridgehead atoms. The quantitative estimate of drug-likeness (QED) is 0.137. The first-order valence-electron chi connectivity index (χ1n) is 13.4. The van der Waals surface area contributed by atoms with Crippen molar-refractivity contribution >= 4 is 11.8 Å². The number of ketones is 1. The molecule has 0 saturated carbocycles. The molecule has 0 heterocycles. The standard InChI is InChI=1S/C29H48O4/c1-6-8-10-12-13-15-19-24-23-26(30)25(20-16-11-9-7-2)28(24)32-22-18-14-17-21-27(31)33-29(3,4)5/h23,25,28H,6-14,16-18,20-22H2,1-5H3/t25-,28-/m0/s1. The van der Waals surface area contributed by atoms with E-state index in [1.165, 1.54) is 32.1 Å². The third-order valence-corrected chi connectivity index (χ3v) is 5.83. The Morgan fingerprint density at radius 1 is 0.939 bits per heavy atom. The van der Waals surface area contributed by atoms with E-state index in [9.17, 15) is 9.59 Å². The zero-order valence-electron chi connectivity index (χ0n) is 22.0. The monoisotopic (exact) mass is 460 g/mol. The van der Waals surface area contributed by atoms with Crippen LogP contribution in [0.2, 0.25) is 0 Å². The fourth-order valence-corrected chi connectivity index (χ4v) is 4.06. The zero-order chi connectivity index (χ0) is 24.5. The van der Waals surface area contributed by atoms with Gasteiger partial charge >= 0.3 is 5.97 Å². The van der Waals surface area contributed by atoms with Gasteiger partial charge in [-0.15, -0.1) is 0 Å². The van der Waals surface area contributed by atoms with Gasteiger partial charge in [-0.05, 0) is 52.5 Å². The predicted octanol–water partition coefficient (Wildman–Crippen LogP) is 7.34. The van der Waals surface area contributed by atoms with Gasteiger partial charge in [0.1, 0.15) is 11.7 Å². The largest absolute Gasteiger partial charge is 0.460 e. The number of hydrogen-bond acceptors (Lipinski definition) is 4. The zero-order valence-corrected chi connectivity index (χ0v) is 22.0. The molecule has 0 aromatic heterocycles. The van der Waals surface area contributed by atoms with Crippen LogP contribution >= 0.6 is 0 Å². The molecule has 1 aliphatic rings. The molecule has 1 aliphatic carbocycles. The predicted molar refractivity (Wildman–Crippen MR) is 136 cm³/mol. The summed E-state index contributed by atoms with van der Waals surface area (Å²) in [5.74, 6) is 6.48. The minimum Gasteiger partial charge on any atom is -0.460 e. The highest BCUT2D eigenvalue weighted by molar-refractivity contribution is 5.97. The Kier molecular flexibility index (Phi) is 15.1. The van der Waals surface area contributed by atoms with Crippen LogP contribution < -0.4 is 0 Å². The van der Waals surface area contributed by atoms with E-state index in [-0.39, 0.29) is 23.8 Å². The van der Waals surface area contributed by atoms with E-state index in [0.29, 0.717) is 13.0 Å². The number of carbonyl (C=O) groups is 2. The molecule has 4 heteroatoms. The third-order valence-electron chi connectivity index (χ3n) is 5.83. The smallest absolute Gasteiger partial charge is 0.306 e.